The van der Waals surface area contributed by atoms with Gasteiger partial charge in [-0.15, -0.1) is 11.8 Å². The third kappa shape index (κ3) is 2.88. The van der Waals surface area contributed by atoms with E-state index in [1.165, 1.54) is 0 Å². The second kappa shape index (κ2) is 6.34. The van der Waals surface area contributed by atoms with Crippen LogP contribution in [0.2, 0.25) is 0 Å². The van der Waals surface area contributed by atoms with Gasteiger partial charge in [-0.05, 0) is 48.9 Å². The Kier molecular flexibility index (Phi) is 4.45. The van der Waals surface area contributed by atoms with E-state index in [0.717, 1.165) is 21.5 Å². The molecule has 0 aliphatic carbocycles. The van der Waals surface area contributed by atoms with E-state index >= 15 is 0 Å². The minimum absolute atomic E-state index is 0.00502. The van der Waals surface area contributed by atoms with Gasteiger partial charge >= 0.3 is 0 Å². The van der Waals surface area contributed by atoms with E-state index in [4.69, 9.17) is 4.74 Å². The van der Waals surface area contributed by atoms with E-state index < -0.39 is 0 Å². The van der Waals surface area contributed by atoms with E-state index in [1.54, 1.807) is 18.9 Å². The average Bonchev–Trinajstić information content (AvgIpc) is 2.84. The number of carbonyl (C=O) groups excluding carboxylic acids is 1. The highest BCUT2D eigenvalue weighted by Crippen LogP contribution is 2.45. The van der Waals surface area contributed by atoms with Crippen molar-refractivity contribution in [1.82, 2.24) is 0 Å². The fraction of sp³-hybridized carbons (Fsp3) is 0.235. The summed E-state index contributed by atoms with van der Waals surface area (Å²) >= 11 is 5.11. The third-order valence-corrected chi connectivity index (χ3v) is 5.54. The lowest BCUT2D eigenvalue weighted by atomic mass is 10.1. The summed E-state index contributed by atoms with van der Waals surface area (Å²) in [5, 5.41) is -0.0506. The van der Waals surface area contributed by atoms with Crippen molar-refractivity contribution in [2.45, 2.75) is 17.5 Å². The number of benzene rings is 2. The maximum absolute atomic E-state index is 12.6. The Morgan fingerprint density at radius 2 is 1.73 bits per heavy atom. The SMILES string of the molecule is COc1ccc([C@@H]2S[C@@H](C)C(=O)N2c2ccc(Br)cc2)cc1. The van der Waals surface area contributed by atoms with Crippen LogP contribution in [-0.4, -0.2) is 18.3 Å². The molecule has 2 aromatic carbocycles. The van der Waals surface area contributed by atoms with Gasteiger partial charge in [0, 0.05) is 10.2 Å². The molecule has 3 nitrogen and oxygen atoms in total. The highest BCUT2D eigenvalue weighted by Gasteiger charge is 2.39. The zero-order chi connectivity index (χ0) is 15.7. The normalized spacial score (nSPS) is 21.2. The fourth-order valence-electron chi connectivity index (χ4n) is 2.48. The highest BCUT2D eigenvalue weighted by molar-refractivity contribution is 9.10. The quantitative estimate of drug-likeness (QED) is 0.780. The van der Waals surface area contributed by atoms with Gasteiger partial charge in [0.25, 0.3) is 0 Å². The molecule has 1 heterocycles. The maximum atomic E-state index is 12.6. The molecule has 3 rings (SSSR count). The zero-order valence-electron chi connectivity index (χ0n) is 12.3. The lowest BCUT2D eigenvalue weighted by Gasteiger charge is -2.24. The smallest absolute Gasteiger partial charge is 0.241 e. The summed E-state index contributed by atoms with van der Waals surface area (Å²) in [5.74, 6) is 0.967. The Hall–Kier alpha value is -1.46. The molecule has 1 fully saturated rings. The first-order valence-electron chi connectivity index (χ1n) is 6.98. The molecule has 114 valence electrons. The number of carbonyl (C=O) groups is 1. The van der Waals surface area contributed by atoms with E-state index in [-0.39, 0.29) is 16.5 Å². The molecule has 2 aromatic rings. The van der Waals surface area contributed by atoms with Gasteiger partial charge in [-0.2, -0.15) is 0 Å². The van der Waals surface area contributed by atoms with Crippen LogP contribution in [0, 0.1) is 0 Å². The molecule has 1 aliphatic heterocycles. The molecule has 0 spiro atoms. The molecule has 0 aromatic heterocycles. The van der Waals surface area contributed by atoms with Gasteiger partial charge in [0.15, 0.2) is 0 Å². The lowest BCUT2D eigenvalue weighted by molar-refractivity contribution is -0.117. The first-order valence-corrected chi connectivity index (χ1v) is 8.72. The Bertz CT molecular complexity index is 672. The average molecular weight is 378 g/mol. The van der Waals surface area contributed by atoms with Gasteiger partial charge in [-0.1, -0.05) is 28.1 Å². The Balaban J connectivity index is 1.97. The fourth-order valence-corrected chi connectivity index (χ4v) is 4.03. The Labute approximate surface area is 142 Å². The summed E-state index contributed by atoms with van der Waals surface area (Å²) in [7, 11) is 1.65. The number of halogens is 1. The minimum atomic E-state index is -0.0456. The molecule has 1 amide bonds. The van der Waals surface area contributed by atoms with Gasteiger partial charge in [-0.3, -0.25) is 9.69 Å². The number of amides is 1. The van der Waals surface area contributed by atoms with Crippen molar-refractivity contribution >= 4 is 39.3 Å². The lowest BCUT2D eigenvalue weighted by Crippen LogP contribution is -2.30. The van der Waals surface area contributed by atoms with Crippen LogP contribution < -0.4 is 9.64 Å². The highest BCUT2D eigenvalue weighted by atomic mass is 79.9. The van der Waals surface area contributed by atoms with Crippen molar-refractivity contribution in [2.24, 2.45) is 0 Å². The predicted octanol–water partition coefficient (Wildman–Crippen LogP) is 4.62. The number of methoxy groups -OCH3 is 1. The summed E-state index contributed by atoms with van der Waals surface area (Å²) in [6.45, 7) is 1.96. The van der Waals surface area contributed by atoms with Gasteiger partial charge in [0.1, 0.15) is 11.1 Å². The molecule has 0 bridgehead atoms. The molecule has 1 aliphatic rings. The first-order chi connectivity index (χ1) is 10.6. The van der Waals surface area contributed by atoms with Crippen LogP contribution in [0.25, 0.3) is 0 Å². The van der Waals surface area contributed by atoms with Crippen molar-refractivity contribution in [3.8, 4) is 5.75 Å². The van der Waals surface area contributed by atoms with Crippen LogP contribution in [0.3, 0.4) is 0 Å². The van der Waals surface area contributed by atoms with Gasteiger partial charge < -0.3 is 4.74 Å². The van der Waals surface area contributed by atoms with Crippen LogP contribution in [-0.2, 0) is 4.79 Å². The van der Waals surface area contributed by atoms with Gasteiger partial charge in [-0.25, -0.2) is 0 Å². The van der Waals surface area contributed by atoms with Crippen molar-refractivity contribution < 1.29 is 9.53 Å². The van der Waals surface area contributed by atoms with Gasteiger partial charge in [0.2, 0.25) is 5.91 Å². The van der Waals surface area contributed by atoms with E-state index in [1.807, 2.05) is 60.4 Å². The van der Waals surface area contributed by atoms with Crippen LogP contribution in [0.15, 0.2) is 53.0 Å². The molecule has 0 saturated carbocycles. The number of nitrogens with zero attached hydrogens (tertiary/aromatic N) is 1. The van der Waals surface area contributed by atoms with Crippen molar-refractivity contribution in [1.29, 1.82) is 0 Å². The third-order valence-electron chi connectivity index (χ3n) is 3.66. The van der Waals surface area contributed by atoms with Crippen molar-refractivity contribution in [3.63, 3.8) is 0 Å². The molecule has 2 atom stereocenters. The number of hydrogen-bond donors (Lipinski definition) is 0. The van der Waals surface area contributed by atoms with E-state index in [9.17, 15) is 4.79 Å². The second-order valence-corrected chi connectivity index (χ2v) is 7.43. The number of ether oxygens (including phenoxy) is 1. The Morgan fingerprint density at radius 1 is 1.09 bits per heavy atom. The van der Waals surface area contributed by atoms with Crippen molar-refractivity contribution in [3.05, 3.63) is 58.6 Å². The summed E-state index contributed by atoms with van der Waals surface area (Å²) in [5.41, 5.74) is 2.03. The first kappa shape index (κ1) is 15.4. The summed E-state index contributed by atoms with van der Waals surface area (Å²) in [6, 6.07) is 15.8. The topological polar surface area (TPSA) is 29.5 Å². The van der Waals surface area contributed by atoms with Crippen LogP contribution in [0.4, 0.5) is 5.69 Å². The monoisotopic (exact) mass is 377 g/mol. The zero-order valence-corrected chi connectivity index (χ0v) is 14.7. The molecule has 1 saturated heterocycles. The Morgan fingerprint density at radius 3 is 2.32 bits per heavy atom. The number of hydrogen-bond acceptors (Lipinski definition) is 3. The number of thioether (sulfide) groups is 1. The van der Waals surface area contributed by atoms with Crippen molar-refractivity contribution in [2.75, 3.05) is 12.0 Å². The second-order valence-electron chi connectivity index (χ2n) is 5.09. The van der Waals surface area contributed by atoms with Gasteiger partial charge in [0.05, 0.1) is 12.4 Å². The number of rotatable bonds is 3. The summed E-state index contributed by atoms with van der Waals surface area (Å²) < 4.78 is 6.21. The summed E-state index contributed by atoms with van der Waals surface area (Å²) in [6.07, 6.45) is 0. The van der Waals surface area contributed by atoms with Crippen LogP contribution in [0.1, 0.15) is 17.9 Å². The molecule has 0 unspecified atom stereocenters. The largest absolute Gasteiger partial charge is 0.497 e. The molecular formula is C17H16BrNO2S. The molecular weight excluding hydrogens is 362 g/mol. The molecule has 0 N–H and O–H groups in total. The molecule has 5 heteroatoms. The van der Waals surface area contributed by atoms with Crippen LogP contribution >= 0.6 is 27.7 Å². The van der Waals surface area contributed by atoms with E-state index in [0.29, 0.717) is 0 Å². The predicted molar refractivity (Wildman–Crippen MR) is 94.4 cm³/mol. The van der Waals surface area contributed by atoms with E-state index in [2.05, 4.69) is 15.9 Å². The minimum Gasteiger partial charge on any atom is -0.497 e. The van der Waals surface area contributed by atoms with Crippen LogP contribution in [0.5, 0.6) is 5.75 Å². The summed E-state index contributed by atoms with van der Waals surface area (Å²) in [4.78, 5) is 14.4. The maximum Gasteiger partial charge on any atom is 0.241 e. The number of anilines is 1. The molecule has 22 heavy (non-hydrogen) atoms. The molecule has 0 radical (unpaired) electrons. The standard InChI is InChI=1S/C17H16BrNO2S/c1-11-16(20)19(14-7-5-13(18)6-8-14)17(22-11)12-3-9-15(21-2)10-4-12/h3-11,17H,1-2H3/t11-,17-/m0/s1.